The minimum atomic E-state index is 0.128. The Morgan fingerprint density at radius 3 is 2.68 bits per heavy atom. The van der Waals surface area contributed by atoms with Crippen LogP contribution >= 0.6 is 0 Å². The van der Waals surface area contributed by atoms with Crippen molar-refractivity contribution in [1.29, 1.82) is 0 Å². The summed E-state index contributed by atoms with van der Waals surface area (Å²) in [5, 5.41) is 3.74. The summed E-state index contributed by atoms with van der Waals surface area (Å²) in [7, 11) is 0. The van der Waals surface area contributed by atoms with Crippen LogP contribution in [0.3, 0.4) is 0 Å². The molecule has 1 aromatic heterocycles. The van der Waals surface area contributed by atoms with Crippen LogP contribution in [0.1, 0.15) is 25.1 Å². The average Bonchev–Trinajstić information content (AvgIpc) is 2.35. The molecule has 7 nitrogen and oxygen atoms in total. The fourth-order valence-corrected chi connectivity index (χ4v) is 1.39. The highest BCUT2D eigenvalue weighted by molar-refractivity contribution is 5.82. The molecule has 1 unspecified atom stereocenters. The van der Waals surface area contributed by atoms with Crippen molar-refractivity contribution in [2.75, 3.05) is 0 Å². The topological polar surface area (TPSA) is 128 Å². The normalized spacial score (nSPS) is 14.3. The van der Waals surface area contributed by atoms with Crippen molar-refractivity contribution < 1.29 is 0 Å². The van der Waals surface area contributed by atoms with Crippen LogP contribution in [0.2, 0.25) is 0 Å². The van der Waals surface area contributed by atoms with Gasteiger partial charge >= 0.3 is 0 Å². The van der Waals surface area contributed by atoms with E-state index < -0.39 is 0 Å². The molecule has 0 bridgehead atoms. The predicted octanol–water partition coefficient (Wildman–Crippen LogP) is -0.332. The third-order valence-electron chi connectivity index (χ3n) is 2.20. The van der Waals surface area contributed by atoms with Crippen molar-refractivity contribution >= 4 is 11.8 Å². The van der Waals surface area contributed by atoms with Crippen molar-refractivity contribution in [2.24, 2.45) is 27.3 Å². The van der Waals surface area contributed by atoms with Crippen molar-refractivity contribution in [3.8, 4) is 0 Å². The van der Waals surface area contributed by atoms with Gasteiger partial charge in [0.25, 0.3) is 0 Å². The second-order valence-electron chi connectivity index (χ2n) is 4.41. The van der Waals surface area contributed by atoms with Crippen LogP contribution in [0.15, 0.2) is 28.4 Å². The SMILES string of the molecule is C/C(N)=N/NC(N)=NCc1ccc(CC(C)N)cn1. The summed E-state index contributed by atoms with van der Waals surface area (Å²) < 4.78 is 0. The molecule has 0 fully saturated rings. The van der Waals surface area contributed by atoms with Crippen molar-refractivity contribution in [3.63, 3.8) is 0 Å². The Bertz CT molecular complexity index is 444. The van der Waals surface area contributed by atoms with Crippen molar-refractivity contribution in [2.45, 2.75) is 32.9 Å². The Morgan fingerprint density at radius 2 is 2.16 bits per heavy atom. The molecule has 0 saturated carbocycles. The smallest absolute Gasteiger partial charge is 0.209 e. The van der Waals surface area contributed by atoms with E-state index in [0.717, 1.165) is 17.7 Å². The summed E-state index contributed by atoms with van der Waals surface area (Å²) in [5.74, 6) is 0.586. The van der Waals surface area contributed by atoms with E-state index in [1.54, 1.807) is 13.1 Å². The number of nitrogens with zero attached hydrogens (tertiary/aromatic N) is 3. The van der Waals surface area contributed by atoms with E-state index >= 15 is 0 Å². The minimum Gasteiger partial charge on any atom is -0.386 e. The highest BCUT2D eigenvalue weighted by atomic mass is 15.4. The zero-order chi connectivity index (χ0) is 14.3. The quantitative estimate of drug-likeness (QED) is 0.328. The molecule has 0 amide bonds. The third-order valence-corrected chi connectivity index (χ3v) is 2.20. The first-order chi connectivity index (χ1) is 8.97. The number of amidine groups is 1. The van der Waals surface area contributed by atoms with E-state index in [9.17, 15) is 0 Å². The van der Waals surface area contributed by atoms with E-state index in [1.807, 2.05) is 19.1 Å². The molecule has 1 atom stereocenters. The fourth-order valence-electron chi connectivity index (χ4n) is 1.39. The van der Waals surface area contributed by atoms with Crippen LogP contribution in [0.5, 0.6) is 0 Å². The van der Waals surface area contributed by atoms with E-state index in [2.05, 4.69) is 20.5 Å². The summed E-state index contributed by atoms with van der Waals surface area (Å²) in [4.78, 5) is 8.38. The molecule has 7 heteroatoms. The Hall–Kier alpha value is -2.15. The molecular formula is C12H21N7. The second kappa shape index (κ2) is 7.32. The summed E-state index contributed by atoms with van der Waals surface area (Å²) in [6, 6.07) is 4.03. The van der Waals surface area contributed by atoms with Gasteiger partial charge in [0, 0.05) is 12.2 Å². The van der Waals surface area contributed by atoms with E-state index in [-0.39, 0.29) is 12.0 Å². The third kappa shape index (κ3) is 6.37. The Labute approximate surface area is 113 Å². The molecule has 0 aliphatic heterocycles. The largest absolute Gasteiger partial charge is 0.386 e. The monoisotopic (exact) mass is 263 g/mol. The maximum absolute atomic E-state index is 5.72. The standard InChI is InChI=1S/C12H21N7/c1-8(13)5-10-3-4-11(16-6-10)7-17-12(15)19-18-9(2)14/h3-4,6,8H,5,7,13H2,1-2H3,(H2,14,18)(H3,15,17,19). The number of hydrogen-bond acceptors (Lipinski definition) is 4. The number of nitrogens with two attached hydrogens (primary N) is 3. The number of rotatable bonds is 5. The molecule has 104 valence electrons. The molecule has 19 heavy (non-hydrogen) atoms. The number of nitrogens with one attached hydrogen (secondary N) is 1. The Morgan fingerprint density at radius 1 is 1.42 bits per heavy atom. The molecule has 1 rings (SSSR count). The van der Waals surface area contributed by atoms with Crippen molar-refractivity contribution in [1.82, 2.24) is 10.4 Å². The summed E-state index contributed by atoms with van der Waals surface area (Å²) in [6.45, 7) is 4.00. The molecule has 7 N–H and O–H groups in total. The fraction of sp³-hybridized carbons (Fsp3) is 0.417. The van der Waals surface area contributed by atoms with Crippen LogP contribution in [0, 0.1) is 0 Å². The second-order valence-corrected chi connectivity index (χ2v) is 4.41. The van der Waals surface area contributed by atoms with E-state index in [4.69, 9.17) is 17.2 Å². The lowest BCUT2D eigenvalue weighted by atomic mass is 10.1. The minimum absolute atomic E-state index is 0.128. The van der Waals surface area contributed by atoms with Crippen LogP contribution in [0.25, 0.3) is 0 Å². The van der Waals surface area contributed by atoms with Gasteiger partial charge in [0.15, 0.2) is 0 Å². The lowest BCUT2D eigenvalue weighted by Crippen LogP contribution is -2.29. The number of aromatic nitrogens is 1. The maximum Gasteiger partial charge on any atom is 0.209 e. The molecular weight excluding hydrogens is 242 g/mol. The van der Waals surface area contributed by atoms with Crippen LogP contribution in [0.4, 0.5) is 0 Å². The summed E-state index contributed by atoms with van der Waals surface area (Å²) >= 11 is 0. The van der Waals surface area contributed by atoms with Gasteiger partial charge in [0.2, 0.25) is 5.96 Å². The van der Waals surface area contributed by atoms with Crippen LogP contribution in [-0.2, 0) is 13.0 Å². The molecule has 0 spiro atoms. The average molecular weight is 263 g/mol. The number of pyridine rings is 1. The first-order valence-electron chi connectivity index (χ1n) is 6.02. The van der Waals surface area contributed by atoms with Crippen LogP contribution in [-0.4, -0.2) is 22.8 Å². The van der Waals surface area contributed by atoms with Gasteiger partial charge in [0.05, 0.1) is 12.2 Å². The molecule has 0 radical (unpaired) electrons. The lowest BCUT2D eigenvalue weighted by Gasteiger charge is -2.05. The molecule has 1 heterocycles. The number of aliphatic imine (C=N–C) groups is 1. The van der Waals surface area contributed by atoms with E-state index in [1.165, 1.54) is 0 Å². The molecule has 0 aromatic carbocycles. The van der Waals surface area contributed by atoms with Gasteiger partial charge in [-0.2, -0.15) is 5.10 Å². The van der Waals surface area contributed by atoms with Crippen LogP contribution < -0.4 is 22.6 Å². The van der Waals surface area contributed by atoms with Gasteiger partial charge in [-0.25, -0.2) is 10.4 Å². The van der Waals surface area contributed by atoms with Gasteiger partial charge in [-0.3, -0.25) is 4.98 Å². The number of guanidine groups is 1. The zero-order valence-corrected chi connectivity index (χ0v) is 11.3. The van der Waals surface area contributed by atoms with Gasteiger partial charge < -0.3 is 17.2 Å². The highest BCUT2D eigenvalue weighted by Crippen LogP contribution is 2.03. The van der Waals surface area contributed by atoms with Crippen molar-refractivity contribution in [3.05, 3.63) is 29.6 Å². The lowest BCUT2D eigenvalue weighted by molar-refractivity contribution is 0.734. The first kappa shape index (κ1) is 14.9. The number of hydrogen-bond donors (Lipinski definition) is 4. The molecule has 0 saturated heterocycles. The molecule has 0 aliphatic rings. The Kier molecular flexibility index (Phi) is 5.74. The van der Waals surface area contributed by atoms with Gasteiger partial charge in [-0.15, -0.1) is 0 Å². The first-order valence-corrected chi connectivity index (χ1v) is 6.02. The summed E-state index contributed by atoms with van der Waals surface area (Å²) in [6.07, 6.45) is 2.62. The van der Waals surface area contributed by atoms with Gasteiger partial charge in [-0.1, -0.05) is 6.07 Å². The van der Waals surface area contributed by atoms with E-state index in [0.29, 0.717) is 12.4 Å². The zero-order valence-electron chi connectivity index (χ0n) is 11.3. The van der Waals surface area contributed by atoms with Gasteiger partial charge in [0.1, 0.15) is 5.84 Å². The number of hydrazone groups is 1. The highest BCUT2D eigenvalue weighted by Gasteiger charge is 1.99. The maximum atomic E-state index is 5.72. The predicted molar refractivity (Wildman–Crippen MR) is 77.3 cm³/mol. The summed E-state index contributed by atoms with van der Waals surface area (Å²) in [5.41, 5.74) is 21.1. The molecule has 0 aliphatic carbocycles. The molecule has 1 aromatic rings. The van der Waals surface area contributed by atoms with Gasteiger partial charge in [-0.05, 0) is 31.9 Å². The Balaban J connectivity index is 2.53.